The Kier molecular flexibility index (Phi) is 8.07. The van der Waals surface area contributed by atoms with Gasteiger partial charge in [-0.05, 0) is 114 Å². The largest absolute Gasteiger partial charge is 0.0616 e. The first kappa shape index (κ1) is 31.5. The molecule has 0 aromatic heterocycles. The van der Waals surface area contributed by atoms with Crippen LogP contribution in [0.1, 0.15) is 33.4 Å². The van der Waals surface area contributed by atoms with E-state index in [-0.39, 0.29) is 0 Å². The third kappa shape index (κ3) is 5.79. The minimum Gasteiger partial charge on any atom is -0.0616 e. The smallest absolute Gasteiger partial charge is 0.00197 e. The Hall–Kier alpha value is -6.50. The van der Waals surface area contributed by atoms with Crippen molar-refractivity contribution in [2.24, 2.45) is 0 Å². The standard InChI is InChI=1S/C52H38/c1-35-19-23-37(24-20-35)27-29-39-31-32-49(47-17-9-7-13-43(39)47)52-48-18-10-8-14-44(48)42(30-28-38-25-21-36(2)22-26-38)34-50(52)51-45-15-5-3-11-40(45)33-41-12-4-6-16-46(41)51/h3-34H,1-2H3/b29-27+,30-28+. The molecule has 0 radical (unpaired) electrons. The molecule has 0 saturated heterocycles. The zero-order chi connectivity index (χ0) is 35.0. The van der Waals surface area contributed by atoms with Crippen molar-refractivity contribution in [1.29, 1.82) is 0 Å². The van der Waals surface area contributed by atoms with Crippen LogP contribution in [-0.4, -0.2) is 0 Å². The van der Waals surface area contributed by atoms with Crippen molar-refractivity contribution in [2.75, 3.05) is 0 Å². The lowest BCUT2D eigenvalue weighted by atomic mass is 9.82. The lowest BCUT2D eigenvalue weighted by molar-refractivity contribution is 1.46. The quantitative estimate of drug-likeness (QED) is 0.123. The van der Waals surface area contributed by atoms with E-state index in [9.17, 15) is 0 Å². The summed E-state index contributed by atoms with van der Waals surface area (Å²) in [4.78, 5) is 0. The first-order valence-electron chi connectivity index (χ1n) is 18.1. The summed E-state index contributed by atoms with van der Waals surface area (Å²) in [5, 5.41) is 9.97. The zero-order valence-corrected chi connectivity index (χ0v) is 29.5. The predicted molar refractivity (Wildman–Crippen MR) is 228 cm³/mol. The number of hydrogen-bond donors (Lipinski definition) is 0. The molecule has 246 valence electrons. The average Bonchev–Trinajstić information content (AvgIpc) is 3.19. The van der Waals surface area contributed by atoms with Crippen LogP contribution < -0.4 is 0 Å². The van der Waals surface area contributed by atoms with E-state index < -0.39 is 0 Å². The van der Waals surface area contributed by atoms with Gasteiger partial charge in [0, 0.05) is 0 Å². The van der Waals surface area contributed by atoms with Crippen LogP contribution in [0.4, 0.5) is 0 Å². The van der Waals surface area contributed by atoms with E-state index in [1.807, 2.05) is 0 Å². The number of rotatable bonds is 6. The summed E-state index contributed by atoms with van der Waals surface area (Å²) in [6, 6.07) is 62.4. The highest BCUT2D eigenvalue weighted by Crippen LogP contribution is 2.47. The summed E-state index contributed by atoms with van der Waals surface area (Å²) in [6.45, 7) is 4.27. The van der Waals surface area contributed by atoms with Crippen LogP contribution in [0.2, 0.25) is 0 Å². The maximum absolute atomic E-state index is 2.44. The molecule has 0 nitrogen and oxygen atoms in total. The van der Waals surface area contributed by atoms with Gasteiger partial charge in [0.15, 0.2) is 0 Å². The van der Waals surface area contributed by atoms with Crippen molar-refractivity contribution in [1.82, 2.24) is 0 Å². The van der Waals surface area contributed by atoms with Gasteiger partial charge in [0.2, 0.25) is 0 Å². The molecular weight excluding hydrogens is 625 g/mol. The Labute approximate surface area is 305 Å². The molecule has 0 saturated carbocycles. The molecule has 0 aliphatic carbocycles. The molecule has 9 aromatic carbocycles. The Morgan fingerprint density at radius 1 is 0.308 bits per heavy atom. The van der Waals surface area contributed by atoms with E-state index in [0.29, 0.717) is 0 Å². The summed E-state index contributed by atoms with van der Waals surface area (Å²) < 4.78 is 0. The molecule has 0 spiro atoms. The summed E-state index contributed by atoms with van der Waals surface area (Å²) >= 11 is 0. The molecule has 0 heterocycles. The van der Waals surface area contributed by atoms with E-state index in [1.54, 1.807) is 0 Å². The topological polar surface area (TPSA) is 0 Å². The summed E-state index contributed by atoms with van der Waals surface area (Å²) in [7, 11) is 0. The van der Waals surface area contributed by atoms with Gasteiger partial charge in [-0.15, -0.1) is 0 Å². The number of fused-ring (bicyclic) bond motifs is 4. The highest BCUT2D eigenvalue weighted by Gasteiger charge is 2.20. The monoisotopic (exact) mass is 662 g/mol. The van der Waals surface area contributed by atoms with Gasteiger partial charge in [0.1, 0.15) is 0 Å². The molecule has 0 fully saturated rings. The molecule has 0 atom stereocenters. The molecule has 0 bridgehead atoms. The van der Waals surface area contributed by atoms with Crippen molar-refractivity contribution in [3.8, 4) is 22.3 Å². The first-order chi connectivity index (χ1) is 25.6. The Balaban J connectivity index is 1.36. The van der Waals surface area contributed by atoms with Gasteiger partial charge in [-0.1, -0.05) is 193 Å². The molecule has 0 amide bonds. The third-order valence-corrected chi connectivity index (χ3v) is 10.4. The van der Waals surface area contributed by atoms with Gasteiger partial charge >= 0.3 is 0 Å². The van der Waals surface area contributed by atoms with Crippen LogP contribution in [0.15, 0.2) is 170 Å². The number of benzene rings is 9. The van der Waals surface area contributed by atoms with Gasteiger partial charge < -0.3 is 0 Å². The maximum Gasteiger partial charge on any atom is -0.00197 e. The van der Waals surface area contributed by atoms with Crippen molar-refractivity contribution in [3.63, 3.8) is 0 Å². The van der Waals surface area contributed by atoms with E-state index >= 15 is 0 Å². The van der Waals surface area contributed by atoms with Crippen molar-refractivity contribution < 1.29 is 0 Å². The summed E-state index contributed by atoms with van der Waals surface area (Å²) in [5.74, 6) is 0. The fourth-order valence-electron chi connectivity index (χ4n) is 7.75. The van der Waals surface area contributed by atoms with Gasteiger partial charge in [-0.2, -0.15) is 0 Å². The molecule has 0 heteroatoms. The minimum absolute atomic E-state index is 1.19. The first-order valence-corrected chi connectivity index (χ1v) is 18.1. The van der Waals surface area contributed by atoms with Crippen LogP contribution >= 0.6 is 0 Å². The molecule has 52 heavy (non-hydrogen) atoms. The Morgan fingerprint density at radius 3 is 1.35 bits per heavy atom. The van der Waals surface area contributed by atoms with Crippen molar-refractivity contribution in [3.05, 3.63) is 203 Å². The van der Waals surface area contributed by atoms with Gasteiger partial charge in [0.25, 0.3) is 0 Å². The normalized spacial score (nSPS) is 11.9. The molecule has 9 rings (SSSR count). The molecule has 9 aromatic rings. The maximum atomic E-state index is 2.44. The lowest BCUT2D eigenvalue weighted by Crippen LogP contribution is -1.95. The predicted octanol–water partition coefficient (Wildman–Crippen LogP) is 14.6. The molecule has 0 unspecified atom stereocenters. The van der Waals surface area contributed by atoms with Gasteiger partial charge in [0.05, 0.1) is 0 Å². The fraction of sp³-hybridized carbons (Fsp3) is 0.0385. The van der Waals surface area contributed by atoms with E-state index in [0.717, 1.165) is 0 Å². The Bertz CT molecular complexity index is 2780. The minimum atomic E-state index is 1.19. The fourth-order valence-corrected chi connectivity index (χ4v) is 7.75. The summed E-state index contributed by atoms with van der Waals surface area (Å²) in [5.41, 5.74) is 12.3. The van der Waals surface area contributed by atoms with Crippen LogP contribution in [0, 0.1) is 13.8 Å². The summed E-state index contributed by atoms with van der Waals surface area (Å²) in [6.07, 6.45) is 9.02. The molecule has 0 aliphatic heterocycles. The van der Waals surface area contributed by atoms with Crippen LogP contribution in [0.5, 0.6) is 0 Å². The second-order valence-corrected chi connectivity index (χ2v) is 13.9. The molecule has 0 aliphatic rings. The number of hydrogen-bond acceptors (Lipinski definition) is 0. The second kappa shape index (κ2) is 13.3. The third-order valence-electron chi connectivity index (χ3n) is 10.4. The van der Waals surface area contributed by atoms with Crippen LogP contribution in [0.25, 0.3) is 89.6 Å². The molecule has 0 N–H and O–H groups in total. The SMILES string of the molecule is Cc1ccc(/C=C/c2ccc(-c3c(-c4c5ccccc5cc5ccccc45)cc(/C=C/c4ccc(C)cc4)c4ccccc34)c3ccccc23)cc1. The van der Waals surface area contributed by atoms with Crippen molar-refractivity contribution in [2.45, 2.75) is 13.8 Å². The second-order valence-electron chi connectivity index (χ2n) is 13.9. The van der Waals surface area contributed by atoms with Gasteiger partial charge in [-0.25, -0.2) is 0 Å². The Morgan fingerprint density at radius 2 is 0.769 bits per heavy atom. The lowest BCUT2D eigenvalue weighted by Gasteiger charge is -2.21. The van der Waals surface area contributed by atoms with Crippen molar-refractivity contribution >= 4 is 67.4 Å². The van der Waals surface area contributed by atoms with Crippen LogP contribution in [-0.2, 0) is 0 Å². The number of aryl methyl sites for hydroxylation is 2. The highest BCUT2D eigenvalue weighted by atomic mass is 14.2. The van der Waals surface area contributed by atoms with Gasteiger partial charge in [-0.3, -0.25) is 0 Å². The molecular formula is C52H38. The zero-order valence-electron chi connectivity index (χ0n) is 29.5. The average molecular weight is 663 g/mol. The van der Waals surface area contributed by atoms with E-state index in [4.69, 9.17) is 0 Å². The van der Waals surface area contributed by atoms with E-state index in [2.05, 4.69) is 208 Å². The van der Waals surface area contributed by atoms with Crippen LogP contribution in [0.3, 0.4) is 0 Å². The van der Waals surface area contributed by atoms with E-state index in [1.165, 1.54) is 98.7 Å². The highest BCUT2D eigenvalue weighted by molar-refractivity contribution is 6.20.